The molecule has 1 saturated carbocycles. The summed E-state index contributed by atoms with van der Waals surface area (Å²) in [7, 11) is 0. The van der Waals surface area contributed by atoms with Crippen LogP contribution < -0.4 is 5.32 Å². The molecule has 110 valence electrons. The maximum Gasteiger partial charge on any atom is 0.217 e. The highest BCUT2D eigenvalue weighted by Crippen LogP contribution is 2.59. The smallest absolute Gasteiger partial charge is 0.217 e. The van der Waals surface area contributed by atoms with Gasteiger partial charge >= 0.3 is 0 Å². The lowest BCUT2D eigenvalue weighted by molar-refractivity contribution is -0.122. The van der Waals surface area contributed by atoms with Gasteiger partial charge in [0, 0.05) is 18.4 Å². The molecule has 0 bridgehead atoms. The predicted octanol–water partition coefficient (Wildman–Crippen LogP) is 3.42. The summed E-state index contributed by atoms with van der Waals surface area (Å²) in [4.78, 5) is 15.0. The molecule has 0 heterocycles. The van der Waals surface area contributed by atoms with Crippen LogP contribution in [0.1, 0.15) is 53.4 Å². The standard InChI is InChI=1S/C16H24N2O2/c1-10(19)18-13-8-6-7-12-15(2,3)14(20)11(17-5)9-16(12,13)4/h12-13,20H,6-9H2,1-4H3,(H,18,19)/t12-,13-,16-/m0/s1. The van der Waals surface area contributed by atoms with Gasteiger partial charge in [0.2, 0.25) is 11.6 Å². The average Bonchev–Trinajstić information content (AvgIpc) is 2.36. The number of aliphatic hydroxyl groups excluding tert-OH is 1. The molecule has 4 nitrogen and oxygen atoms in total. The van der Waals surface area contributed by atoms with E-state index in [-0.39, 0.29) is 29.0 Å². The van der Waals surface area contributed by atoms with E-state index in [1.54, 1.807) is 6.92 Å². The van der Waals surface area contributed by atoms with Crippen molar-refractivity contribution < 1.29 is 9.90 Å². The molecule has 1 amide bonds. The summed E-state index contributed by atoms with van der Waals surface area (Å²) in [5.74, 6) is 0.516. The van der Waals surface area contributed by atoms with E-state index < -0.39 is 5.41 Å². The first-order valence-electron chi connectivity index (χ1n) is 7.30. The fourth-order valence-electron chi connectivity index (χ4n) is 4.42. The summed E-state index contributed by atoms with van der Waals surface area (Å²) < 4.78 is 0. The van der Waals surface area contributed by atoms with Crippen molar-refractivity contribution in [2.24, 2.45) is 16.7 Å². The number of hydrogen-bond donors (Lipinski definition) is 2. The van der Waals surface area contributed by atoms with Gasteiger partial charge in [0.05, 0.1) is 6.57 Å². The van der Waals surface area contributed by atoms with Crippen molar-refractivity contribution in [3.8, 4) is 0 Å². The SMILES string of the molecule is [C-]#[N+]C1=C(O)C(C)(C)[C@@H]2CCC[C@H](NC(C)=O)[C@@]2(C)C1. The lowest BCUT2D eigenvalue weighted by atomic mass is 9.51. The maximum atomic E-state index is 11.5. The number of nitrogens with zero attached hydrogens (tertiary/aromatic N) is 1. The number of allylic oxidation sites excluding steroid dienone is 2. The Kier molecular flexibility index (Phi) is 3.58. The van der Waals surface area contributed by atoms with E-state index in [9.17, 15) is 9.90 Å². The molecule has 2 aliphatic rings. The van der Waals surface area contributed by atoms with Crippen molar-refractivity contribution in [1.82, 2.24) is 5.32 Å². The second-order valence-corrected chi connectivity index (χ2v) is 7.05. The average molecular weight is 276 g/mol. The Morgan fingerprint density at radius 1 is 1.40 bits per heavy atom. The van der Waals surface area contributed by atoms with Crippen LogP contribution in [-0.2, 0) is 4.79 Å². The molecule has 3 atom stereocenters. The van der Waals surface area contributed by atoms with E-state index in [4.69, 9.17) is 6.57 Å². The molecule has 0 aliphatic heterocycles. The molecule has 0 unspecified atom stereocenters. The Morgan fingerprint density at radius 3 is 2.60 bits per heavy atom. The zero-order valence-corrected chi connectivity index (χ0v) is 12.8. The van der Waals surface area contributed by atoms with Crippen LogP contribution in [0.4, 0.5) is 0 Å². The number of nitrogens with one attached hydrogen (secondary N) is 1. The van der Waals surface area contributed by atoms with Crippen molar-refractivity contribution in [3.63, 3.8) is 0 Å². The van der Waals surface area contributed by atoms with Crippen molar-refractivity contribution in [2.75, 3.05) is 0 Å². The predicted molar refractivity (Wildman–Crippen MR) is 77.7 cm³/mol. The minimum atomic E-state index is -0.399. The monoisotopic (exact) mass is 276 g/mol. The molecular weight excluding hydrogens is 252 g/mol. The van der Waals surface area contributed by atoms with Gasteiger partial charge in [-0.25, -0.2) is 4.85 Å². The fourth-order valence-corrected chi connectivity index (χ4v) is 4.42. The van der Waals surface area contributed by atoms with E-state index in [1.165, 1.54) is 0 Å². The number of rotatable bonds is 1. The van der Waals surface area contributed by atoms with Crippen molar-refractivity contribution in [1.29, 1.82) is 0 Å². The summed E-state index contributed by atoms with van der Waals surface area (Å²) in [6.45, 7) is 15.1. The molecule has 0 aromatic carbocycles. The molecule has 2 aliphatic carbocycles. The van der Waals surface area contributed by atoms with Crippen LogP contribution in [0.15, 0.2) is 11.5 Å². The molecule has 0 saturated heterocycles. The van der Waals surface area contributed by atoms with Crippen LogP contribution in [0.3, 0.4) is 0 Å². The first kappa shape index (κ1) is 14.9. The van der Waals surface area contributed by atoms with Gasteiger partial charge in [-0.3, -0.25) is 4.79 Å². The number of carbonyl (C=O) groups is 1. The molecule has 1 fully saturated rings. The van der Waals surface area contributed by atoms with Crippen LogP contribution >= 0.6 is 0 Å². The quantitative estimate of drug-likeness (QED) is 0.721. The molecule has 2 rings (SSSR count). The number of amides is 1. The molecule has 4 heteroatoms. The number of fused-ring (bicyclic) bond motifs is 1. The van der Waals surface area contributed by atoms with Crippen LogP contribution in [0.25, 0.3) is 4.85 Å². The van der Waals surface area contributed by atoms with E-state index >= 15 is 0 Å². The number of carbonyl (C=O) groups excluding carboxylic acids is 1. The van der Waals surface area contributed by atoms with E-state index in [0.717, 1.165) is 19.3 Å². The van der Waals surface area contributed by atoms with Crippen molar-refractivity contribution in [3.05, 3.63) is 22.9 Å². The van der Waals surface area contributed by atoms with Crippen molar-refractivity contribution >= 4 is 5.91 Å². The maximum absolute atomic E-state index is 11.5. The van der Waals surface area contributed by atoms with Crippen LogP contribution in [0.2, 0.25) is 0 Å². The molecule has 0 aromatic rings. The Morgan fingerprint density at radius 2 is 2.05 bits per heavy atom. The summed E-state index contributed by atoms with van der Waals surface area (Å²) in [6.07, 6.45) is 3.60. The number of hydrogen-bond acceptors (Lipinski definition) is 2. The third-order valence-corrected chi connectivity index (χ3v) is 5.39. The Bertz CT molecular complexity index is 501. The van der Waals surface area contributed by atoms with E-state index in [1.807, 2.05) is 13.8 Å². The first-order chi connectivity index (χ1) is 9.23. The van der Waals surface area contributed by atoms with Gasteiger partial charge in [-0.2, -0.15) is 0 Å². The molecular formula is C16H24N2O2. The normalized spacial score (nSPS) is 36.0. The van der Waals surface area contributed by atoms with Gasteiger partial charge in [0.1, 0.15) is 5.76 Å². The zero-order valence-electron chi connectivity index (χ0n) is 12.8. The minimum absolute atomic E-state index is 0.0159. The van der Waals surface area contributed by atoms with Gasteiger partial charge in [0.25, 0.3) is 0 Å². The molecule has 20 heavy (non-hydrogen) atoms. The van der Waals surface area contributed by atoms with Crippen LogP contribution in [-0.4, -0.2) is 17.1 Å². The summed E-state index contributed by atoms with van der Waals surface area (Å²) in [5, 5.41) is 13.5. The highest BCUT2D eigenvalue weighted by atomic mass is 16.3. The van der Waals surface area contributed by atoms with Crippen LogP contribution in [0.5, 0.6) is 0 Å². The van der Waals surface area contributed by atoms with Gasteiger partial charge < -0.3 is 10.4 Å². The van der Waals surface area contributed by atoms with Gasteiger partial charge in [-0.1, -0.05) is 27.2 Å². The van der Waals surface area contributed by atoms with Crippen LogP contribution in [0, 0.1) is 23.3 Å². The molecule has 0 spiro atoms. The van der Waals surface area contributed by atoms with Gasteiger partial charge in [0.15, 0.2) is 0 Å². The van der Waals surface area contributed by atoms with E-state index in [0.29, 0.717) is 12.1 Å². The topological polar surface area (TPSA) is 53.7 Å². The lowest BCUT2D eigenvalue weighted by Crippen LogP contribution is -2.57. The van der Waals surface area contributed by atoms with E-state index in [2.05, 4.69) is 17.1 Å². The minimum Gasteiger partial charge on any atom is -0.523 e. The second kappa shape index (κ2) is 4.80. The Hall–Kier alpha value is -1.50. The Labute approximate surface area is 121 Å². The summed E-state index contributed by atoms with van der Waals surface area (Å²) in [6, 6.07) is 0.0860. The highest BCUT2D eigenvalue weighted by Gasteiger charge is 2.55. The fraction of sp³-hybridized carbons (Fsp3) is 0.750. The van der Waals surface area contributed by atoms with Gasteiger partial charge in [-0.05, 0) is 30.6 Å². The summed E-state index contributed by atoms with van der Waals surface area (Å²) >= 11 is 0. The molecule has 0 aromatic heterocycles. The van der Waals surface area contributed by atoms with Gasteiger partial charge in [-0.15, -0.1) is 0 Å². The number of aliphatic hydroxyl groups is 1. The Balaban J connectivity index is 2.47. The third kappa shape index (κ3) is 2.09. The lowest BCUT2D eigenvalue weighted by Gasteiger charge is -2.56. The highest BCUT2D eigenvalue weighted by molar-refractivity contribution is 5.73. The largest absolute Gasteiger partial charge is 0.523 e. The summed E-state index contributed by atoms with van der Waals surface area (Å²) in [5.41, 5.74) is -0.0881. The zero-order chi connectivity index (χ0) is 15.1. The molecule has 0 radical (unpaired) electrons. The first-order valence-corrected chi connectivity index (χ1v) is 7.30. The third-order valence-electron chi connectivity index (χ3n) is 5.39. The molecule has 2 N–H and O–H groups in total. The van der Waals surface area contributed by atoms with Crippen molar-refractivity contribution in [2.45, 2.75) is 59.4 Å². The second-order valence-electron chi connectivity index (χ2n) is 7.05.